The minimum atomic E-state index is -0.597. The van der Waals surface area contributed by atoms with Crippen molar-refractivity contribution >= 4 is 35.0 Å². The second-order valence-electron chi connectivity index (χ2n) is 6.29. The molecule has 1 saturated heterocycles. The largest absolute Gasteiger partial charge is 0.462 e. The molecular weight excluding hydrogens is 362 g/mol. The first-order valence-corrected chi connectivity index (χ1v) is 9.36. The zero-order valence-corrected chi connectivity index (χ0v) is 15.9. The number of benzene rings is 2. The summed E-state index contributed by atoms with van der Waals surface area (Å²) in [6, 6.07) is 17.7. The Morgan fingerprint density at radius 1 is 1.04 bits per heavy atom. The highest BCUT2D eigenvalue weighted by atomic mass is 32.2. The molecule has 3 rings (SSSR count). The summed E-state index contributed by atoms with van der Waals surface area (Å²) >= 11 is 0.829. The molecule has 0 saturated carbocycles. The molecule has 0 spiro atoms. The second kappa shape index (κ2) is 8.22. The van der Waals surface area contributed by atoms with Crippen molar-refractivity contribution in [2.45, 2.75) is 20.0 Å². The molecule has 0 bridgehead atoms. The smallest absolute Gasteiger partial charge is 0.326 e. The summed E-state index contributed by atoms with van der Waals surface area (Å²) in [7, 11) is 0. The minimum absolute atomic E-state index is 0.295. The van der Waals surface area contributed by atoms with Gasteiger partial charge in [-0.1, -0.05) is 54.6 Å². The predicted molar refractivity (Wildman–Crippen MR) is 106 cm³/mol. The van der Waals surface area contributed by atoms with E-state index < -0.39 is 17.1 Å². The normalized spacial score (nSPS) is 15.7. The summed E-state index contributed by atoms with van der Waals surface area (Å²) in [6.07, 6.45) is 1.36. The maximum Gasteiger partial charge on any atom is 0.326 e. The number of esters is 1. The highest BCUT2D eigenvalue weighted by molar-refractivity contribution is 8.18. The van der Waals surface area contributed by atoms with Gasteiger partial charge in [0.2, 0.25) is 0 Å². The van der Waals surface area contributed by atoms with Crippen molar-refractivity contribution in [3.63, 3.8) is 0 Å². The third kappa shape index (κ3) is 4.65. The molecule has 138 valence electrons. The van der Waals surface area contributed by atoms with Gasteiger partial charge in [-0.3, -0.25) is 19.3 Å². The summed E-state index contributed by atoms with van der Waals surface area (Å²) in [5.74, 6) is -1.07. The molecule has 0 radical (unpaired) electrons. The van der Waals surface area contributed by atoms with Gasteiger partial charge in [-0.25, -0.2) is 0 Å². The van der Waals surface area contributed by atoms with Crippen LogP contribution in [0.25, 0.3) is 17.2 Å². The number of carbonyl (C=O) groups excluding carboxylic acids is 3. The van der Waals surface area contributed by atoms with Crippen molar-refractivity contribution in [1.82, 2.24) is 4.90 Å². The Kier molecular flexibility index (Phi) is 5.76. The van der Waals surface area contributed by atoms with Crippen molar-refractivity contribution in [2.75, 3.05) is 6.54 Å². The number of nitrogens with zero attached hydrogens (tertiary/aromatic N) is 1. The van der Waals surface area contributed by atoms with Gasteiger partial charge in [-0.05, 0) is 48.4 Å². The Hall–Kier alpha value is -2.86. The topological polar surface area (TPSA) is 63.7 Å². The third-order valence-electron chi connectivity index (χ3n) is 3.84. The molecule has 1 aliphatic heterocycles. The molecule has 6 heteroatoms. The van der Waals surface area contributed by atoms with E-state index in [9.17, 15) is 14.4 Å². The van der Waals surface area contributed by atoms with Crippen molar-refractivity contribution < 1.29 is 19.1 Å². The molecule has 1 fully saturated rings. The average molecular weight is 381 g/mol. The number of rotatable bonds is 5. The molecule has 0 atom stereocenters. The number of hydrogen-bond acceptors (Lipinski definition) is 5. The lowest BCUT2D eigenvalue weighted by Crippen LogP contribution is -2.35. The van der Waals surface area contributed by atoms with Crippen LogP contribution in [0.1, 0.15) is 19.4 Å². The molecule has 2 aromatic rings. The van der Waals surface area contributed by atoms with Crippen LogP contribution in [-0.4, -0.2) is 34.7 Å². The number of carbonyl (C=O) groups is 3. The van der Waals surface area contributed by atoms with Gasteiger partial charge in [0.15, 0.2) is 0 Å². The van der Waals surface area contributed by atoms with E-state index in [1.165, 1.54) is 0 Å². The number of ether oxygens (including phenoxy) is 1. The molecular formula is C21H19NO4S. The van der Waals surface area contributed by atoms with E-state index in [0.717, 1.165) is 33.4 Å². The van der Waals surface area contributed by atoms with E-state index in [1.54, 1.807) is 19.9 Å². The Morgan fingerprint density at radius 2 is 1.67 bits per heavy atom. The van der Waals surface area contributed by atoms with E-state index >= 15 is 0 Å². The van der Waals surface area contributed by atoms with E-state index in [2.05, 4.69) is 0 Å². The summed E-state index contributed by atoms with van der Waals surface area (Å²) in [5, 5.41) is -0.465. The number of imide groups is 1. The van der Waals surface area contributed by atoms with Crippen molar-refractivity contribution in [3.05, 3.63) is 65.1 Å². The first-order valence-electron chi connectivity index (χ1n) is 8.54. The molecule has 0 unspecified atom stereocenters. The van der Waals surface area contributed by atoms with Crippen LogP contribution in [0, 0.1) is 0 Å². The zero-order chi connectivity index (χ0) is 19.4. The zero-order valence-electron chi connectivity index (χ0n) is 15.0. The Morgan fingerprint density at radius 3 is 2.30 bits per heavy atom. The van der Waals surface area contributed by atoms with Gasteiger partial charge in [-0.2, -0.15) is 0 Å². The fourth-order valence-electron chi connectivity index (χ4n) is 2.62. The lowest BCUT2D eigenvalue weighted by Gasteiger charge is -2.13. The molecule has 27 heavy (non-hydrogen) atoms. The van der Waals surface area contributed by atoms with Gasteiger partial charge in [0.25, 0.3) is 11.1 Å². The number of thioether (sulfide) groups is 1. The van der Waals surface area contributed by atoms with Crippen LogP contribution in [-0.2, 0) is 14.3 Å². The quantitative estimate of drug-likeness (QED) is 0.569. The van der Waals surface area contributed by atoms with E-state index in [1.807, 2.05) is 54.6 Å². The Bertz CT molecular complexity index is 888. The first-order chi connectivity index (χ1) is 12.9. The molecule has 0 N–H and O–H groups in total. The number of hydrogen-bond donors (Lipinski definition) is 0. The van der Waals surface area contributed by atoms with Gasteiger partial charge < -0.3 is 4.74 Å². The maximum absolute atomic E-state index is 12.4. The van der Waals surface area contributed by atoms with Crippen LogP contribution in [0.4, 0.5) is 4.79 Å². The standard InChI is InChI=1S/C21H19NO4S/c1-14(2)26-19(23)13-22-20(24)18(27-21(22)25)12-15-8-10-17(11-9-15)16-6-4-3-5-7-16/h3-12,14H,13H2,1-2H3/b18-12+. The SMILES string of the molecule is CC(C)OC(=O)CN1C(=O)S/C(=C/c2ccc(-c3ccccc3)cc2)C1=O. The summed E-state index contributed by atoms with van der Waals surface area (Å²) in [6.45, 7) is 3.06. The Labute approximate surface area is 162 Å². The average Bonchev–Trinajstić information content (AvgIpc) is 2.90. The van der Waals surface area contributed by atoms with Crippen LogP contribution in [0.5, 0.6) is 0 Å². The third-order valence-corrected chi connectivity index (χ3v) is 4.75. The van der Waals surface area contributed by atoms with Gasteiger partial charge >= 0.3 is 5.97 Å². The minimum Gasteiger partial charge on any atom is -0.462 e. The molecule has 2 amide bonds. The molecule has 0 aliphatic carbocycles. The van der Waals surface area contributed by atoms with Crippen LogP contribution >= 0.6 is 11.8 Å². The molecule has 5 nitrogen and oxygen atoms in total. The van der Waals surface area contributed by atoms with Crippen LogP contribution < -0.4 is 0 Å². The highest BCUT2D eigenvalue weighted by Gasteiger charge is 2.36. The van der Waals surface area contributed by atoms with Crippen molar-refractivity contribution in [1.29, 1.82) is 0 Å². The molecule has 2 aromatic carbocycles. The van der Waals surface area contributed by atoms with Gasteiger partial charge in [0, 0.05) is 0 Å². The summed E-state index contributed by atoms with van der Waals surface area (Å²) in [4.78, 5) is 37.5. The van der Waals surface area contributed by atoms with Gasteiger partial charge in [0.05, 0.1) is 11.0 Å². The maximum atomic E-state index is 12.4. The van der Waals surface area contributed by atoms with Crippen molar-refractivity contribution in [3.8, 4) is 11.1 Å². The fraction of sp³-hybridized carbons (Fsp3) is 0.190. The molecule has 1 aliphatic rings. The van der Waals surface area contributed by atoms with Crippen LogP contribution in [0.15, 0.2) is 59.5 Å². The van der Waals surface area contributed by atoms with Crippen LogP contribution in [0.3, 0.4) is 0 Å². The second-order valence-corrected chi connectivity index (χ2v) is 7.29. The molecule has 1 heterocycles. The fourth-order valence-corrected chi connectivity index (χ4v) is 3.46. The number of amides is 2. The van der Waals surface area contributed by atoms with E-state index in [4.69, 9.17) is 4.74 Å². The summed E-state index contributed by atoms with van der Waals surface area (Å²) in [5.41, 5.74) is 2.98. The van der Waals surface area contributed by atoms with E-state index in [0.29, 0.717) is 4.91 Å². The lowest BCUT2D eigenvalue weighted by molar-refractivity contribution is -0.149. The summed E-state index contributed by atoms with van der Waals surface area (Å²) < 4.78 is 5.00. The monoisotopic (exact) mass is 381 g/mol. The van der Waals surface area contributed by atoms with Gasteiger partial charge in [-0.15, -0.1) is 0 Å². The van der Waals surface area contributed by atoms with Gasteiger partial charge in [0.1, 0.15) is 6.54 Å². The highest BCUT2D eigenvalue weighted by Crippen LogP contribution is 2.32. The van der Waals surface area contributed by atoms with Crippen molar-refractivity contribution in [2.24, 2.45) is 0 Å². The Balaban J connectivity index is 1.73. The lowest BCUT2D eigenvalue weighted by atomic mass is 10.0. The molecule has 0 aromatic heterocycles. The van der Waals surface area contributed by atoms with E-state index in [-0.39, 0.29) is 12.6 Å². The first kappa shape index (κ1) is 18.9. The predicted octanol–water partition coefficient (Wildman–Crippen LogP) is 4.34. The van der Waals surface area contributed by atoms with Crippen LogP contribution in [0.2, 0.25) is 0 Å².